The minimum Gasteiger partial charge on any atom is -0.497 e. The zero-order valence-electron chi connectivity index (χ0n) is 18.9. The van der Waals surface area contributed by atoms with Crippen LogP contribution in [0.15, 0.2) is 42.5 Å². The highest BCUT2D eigenvalue weighted by Gasteiger charge is 2.38. The number of ether oxygens (including phenoxy) is 3. The van der Waals surface area contributed by atoms with Gasteiger partial charge in [0.2, 0.25) is 11.0 Å². The number of amides is 1. The number of methoxy groups -OCH3 is 3. The molecule has 1 amide bonds. The Kier molecular flexibility index (Phi) is 9.82. The summed E-state index contributed by atoms with van der Waals surface area (Å²) in [5, 5.41) is 19.4. The molecule has 0 aliphatic carbocycles. The van der Waals surface area contributed by atoms with Crippen LogP contribution >= 0.6 is 11.3 Å². The van der Waals surface area contributed by atoms with E-state index in [-0.39, 0.29) is 12.3 Å². The van der Waals surface area contributed by atoms with Gasteiger partial charge in [0.1, 0.15) is 10.8 Å². The summed E-state index contributed by atoms with van der Waals surface area (Å²) in [4.78, 5) is 21.2. The molecule has 0 aliphatic heterocycles. The van der Waals surface area contributed by atoms with E-state index in [1.807, 2.05) is 42.5 Å². The van der Waals surface area contributed by atoms with Crippen LogP contribution in [0.5, 0.6) is 17.2 Å². The number of aliphatic carboxylic acids is 1. The maximum absolute atomic E-state index is 12.3. The van der Waals surface area contributed by atoms with E-state index >= 15 is 0 Å². The molecule has 3 aromatic rings. The largest absolute Gasteiger partial charge is 0.497 e. The quantitative estimate of drug-likeness (QED) is 0.464. The number of rotatable bonds is 8. The van der Waals surface area contributed by atoms with Crippen molar-refractivity contribution in [3.05, 3.63) is 58.6 Å². The number of alkyl halides is 3. The van der Waals surface area contributed by atoms with Crippen LogP contribution in [0.4, 0.5) is 18.3 Å². The van der Waals surface area contributed by atoms with E-state index in [9.17, 15) is 18.0 Å². The number of carboxylic acid groups (broad SMARTS) is 1. The maximum Gasteiger partial charge on any atom is 0.490 e. The summed E-state index contributed by atoms with van der Waals surface area (Å²) in [6.07, 6.45) is -4.26. The van der Waals surface area contributed by atoms with Crippen molar-refractivity contribution in [2.75, 3.05) is 26.6 Å². The van der Waals surface area contributed by atoms with Gasteiger partial charge in [0.25, 0.3) is 0 Å². The van der Waals surface area contributed by atoms with Crippen LogP contribution < -0.4 is 19.5 Å². The second kappa shape index (κ2) is 12.6. The van der Waals surface area contributed by atoms with Gasteiger partial charge in [0.15, 0.2) is 11.5 Å². The molecule has 0 spiro atoms. The van der Waals surface area contributed by atoms with Gasteiger partial charge >= 0.3 is 12.1 Å². The zero-order chi connectivity index (χ0) is 26.0. The van der Waals surface area contributed by atoms with E-state index in [2.05, 4.69) is 15.5 Å². The molecule has 0 bridgehead atoms. The number of nitrogens with zero attached hydrogens (tertiary/aromatic N) is 2. The average molecular weight is 513 g/mol. The lowest BCUT2D eigenvalue weighted by Gasteiger charge is -2.08. The van der Waals surface area contributed by atoms with E-state index in [1.54, 1.807) is 21.3 Å². The molecule has 0 aliphatic rings. The molecule has 0 radical (unpaired) electrons. The molecule has 9 nitrogen and oxygen atoms in total. The number of anilines is 1. The third-order valence-electron chi connectivity index (χ3n) is 4.26. The number of carboxylic acids is 1. The topological polar surface area (TPSA) is 120 Å². The summed E-state index contributed by atoms with van der Waals surface area (Å²) in [5.41, 5.74) is 1.88. The Labute approximate surface area is 202 Å². The van der Waals surface area contributed by atoms with Gasteiger partial charge in [-0.1, -0.05) is 29.5 Å². The molecule has 0 unspecified atom stereocenters. The van der Waals surface area contributed by atoms with Gasteiger partial charge in [-0.2, -0.15) is 13.2 Å². The summed E-state index contributed by atoms with van der Waals surface area (Å²) in [6, 6.07) is 13.1. The monoisotopic (exact) mass is 513 g/mol. The number of carbonyl (C=O) groups excluding carboxylic acids is 1. The second-order valence-electron chi connectivity index (χ2n) is 6.75. The summed E-state index contributed by atoms with van der Waals surface area (Å²) < 4.78 is 47.5. The van der Waals surface area contributed by atoms with E-state index in [0.717, 1.165) is 21.9 Å². The third kappa shape index (κ3) is 8.77. The van der Waals surface area contributed by atoms with Gasteiger partial charge in [0, 0.05) is 6.42 Å². The number of nitrogens with one attached hydrogen (secondary N) is 1. The first-order valence-electron chi connectivity index (χ1n) is 9.81. The van der Waals surface area contributed by atoms with E-state index < -0.39 is 12.1 Å². The normalized spacial score (nSPS) is 10.6. The number of benzene rings is 2. The number of aromatic nitrogens is 2. The first kappa shape index (κ1) is 27.4. The van der Waals surface area contributed by atoms with Crippen molar-refractivity contribution >= 4 is 28.3 Å². The molecule has 2 N–H and O–H groups in total. The Morgan fingerprint density at radius 1 is 0.971 bits per heavy atom. The van der Waals surface area contributed by atoms with Gasteiger partial charge in [0.05, 0.1) is 27.8 Å². The second-order valence-corrected chi connectivity index (χ2v) is 7.81. The summed E-state index contributed by atoms with van der Waals surface area (Å²) in [5.74, 6) is -0.849. The van der Waals surface area contributed by atoms with Crippen LogP contribution in [-0.4, -0.2) is 54.7 Å². The van der Waals surface area contributed by atoms with Crippen LogP contribution in [0.1, 0.15) is 16.1 Å². The van der Waals surface area contributed by atoms with E-state index in [4.69, 9.17) is 24.1 Å². The van der Waals surface area contributed by atoms with Crippen LogP contribution in [0.25, 0.3) is 0 Å². The molecule has 0 fully saturated rings. The number of hydrogen-bond acceptors (Lipinski definition) is 8. The molecular weight excluding hydrogens is 491 g/mol. The first-order valence-corrected chi connectivity index (χ1v) is 10.6. The summed E-state index contributed by atoms with van der Waals surface area (Å²) in [6.45, 7) is 0. The number of carbonyl (C=O) groups is 2. The Hall–Kier alpha value is -3.87. The lowest BCUT2D eigenvalue weighted by atomic mass is 10.1. The van der Waals surface area contributed by atoms with Crippen LogP contribution in [-0.2, 0) is 22.4 Å². The predicted octanol–water partition coefficient (Wildman–Crippen LogP) is 3.97. The van der Waals surface area contributed by atoms with Gasteiger partial charge in [-0.25, -0.2) is 4.79 Å². The van der Waals surface area contributed by atoms with Gasteiger partial charge in [-0.3, -0.25) is 4.79 Å². The summed E-state index contributed by atoms with van der Waals surface area (Å²) >= 11 is 1.35. The lowest BCUT2D eigenvalue weighted by molar-refractivity contribution is -0.192. The van der Waals surface area contributed by atoms with Crippen molar-refractivity contribution in [2.24, 2.45) is 0 Å². The molecule has 188 valence electrons. The molecule has 13 heteroatoms. The Morgan fingerprint density at radius 3 is 2.26 bits per heavy atom. The highest BCUT2D eigenvalue weighted by atomic mass is 32.1. The average Bonchev–Trinajstić information content (AvgIpc) is 3.25. The molecule has 35 heavy (non-hydrogen) atoms. The Morgan fingerprint density at radius 2 is 1.66 bits per heavy atom. The Bertz CT molecular complexity index is 1150. The van der Waals surface area contributed by atoms with Crippen molar-refractivity contribution in [3.8, 4) is 17.2 Å². The fraction of sp³-hybridized carbons (Fsp3) is 0.273. The minimum absolute atomic E-state index is 0.151. The van der Waals surface area contributed by atoms with E-state index in [0.29, 0.717) is 23.1 Å². The molecule has 3 rings (SSSR count). The van der Waals surface area contributed by atoms with Gasteiger partial charge < -0.3 is 24.6 Å². The smallest absolute Gasteiger partial charge is 0.490 e. The molecule has 1 heterocycles. The standard InChI is InChI=1S/C20H21N3O4S.C2HF3O2/c1-25-15-6-4-5-13(9-15)11-18(24)21-20-23-22-19(28-20)12-14-7-8-16(26-2)17(10-14)27-3;3-2(4,5)1(6)7/h4-10H,11-12H2,1-3H3,(H,21,23,24);(H,6,7). The molecular formula is C22H22F3N3O6S. The van der Waals surface area contributed by atoms with Gasteiger partial charge in [-0.05, 0) is 35.4 Å². The Balaban J connectivity index is 0.000000540. The zero-order valence-corrected chi connectivity index (χ0v) is 19.7. The molecule has 1 aromatic heterocycles. The van der Waals surface area contributed by atoms with Crippen molar-refractivity contribution in [1.29, 1.82) is 0 Å². The fourth-order valence-electron chi connectivity index (χ4n) is 2.67. The molecule has 2 aromatic carbocycles. The minimum atomic E-state index is -5.08. The third-order valence-corrected chi connectivity index (χ3v) is 5.10. The van der Waals surface area contributed by atoms with Crippen LogP contribution in [0, 0.1) is 0 Å². The first-order chi connectivity index (χ1) is 16.5. The summed E-state index contributed by atoms with van der Waals surface area (Å²) in [7, 11) is 4.80. The van der Waals surface area contributed by atoms with Crippen molar-refractivity contribution < 1.29 is 42.1 Å². The number of hydrogen-bond donors (Lipinski definition) is 2. The SMILES string of the molecule is COc1cccc(CC(=O)Nc2nnc(Cc3ccc(OC)c(OC)c3)s2)c1.O=C(O)C(F)(F)F. The van der Waals surface area contributed by atoms with Gasteiger partial charge in [-0.15, -0.1) is 10.2 Å². The lowest BCUT2D eigenvalue weighted by Crippen LogP contribution is -2.21. The highest BCUT2D eigenvalue weighted by Crippen LogP contribution is 2.29. The van der Waals surface area contributed by atoms with Crippen molar-refractivity contribution in [2.45, 2.75) is 19.0 Å². The predicted molar refractivity (Wildman–Crippen MR) is 121 cm³/mol. The van der Waals surface area contributed by atoms with E-state index in [1.165, 1.54) is 11.3 Å². The fourth-order valence-corrected chi connectivity index (χ4v) is 3.46. The highest BCUT2D eigenvalue weighted by molar-refractivity contribution is 7.15. The maximum atomic E-state index is 12.3. The molecule has 0 saturated heterocycles. The van der Waals surface area contributed by atoms with Crippen molar-refractivity contribution in [3.63, 3.8) is 0 Å². The van der Waals surface area contributed by atoms with Crippen LogP contribution in [0.2, 0.25) is 0 Å². The molecule has 0 saturated carbocycles. The van der Waals surface area contributed by atoms with Crippen LogP contribution in [0.3, 0.4) is 0 Å². The molecule has 0 atom stereocenters. The van der Waals surface area contributed by atoms with Crippen molar-refractivity contribution in [1.82, 2.24) is 10.2 Å². The number of halogens is 3.